The van der Waals surface area contributed by atoms with Crippen LogP contribution < -0.4 is 16.4 Å². The molecular formula is C15H19FN4O3. The van der Waals surface area contributed by atoms with Crippen molar-refractivity contribution in [1.82, 2.24) is 15.5 Å². The van der Waals surface area contributed by atoms with E-state index in [4.69, 9.17) is 5.73 Å². The molecule has 4 N–H and O–H groups in total. The molecule has 1 aromatic carbocycles. The number of rotatable bonds is 6. The van der Waals surface area contributed by atoms with Gasteiger partial charge >= 0.3 is 0 Å². The summed E-state index contributed by atoms with van der Waals surface area (Å²) in [4.78, 5) is 36.3. The number of amides is 3. The Morgan fingerprint density at radius 2 is 2.13 bits per heavy atom. The van der Waals surface area contributed by atoms with Crippen LogP contribution >= 0.6 is 0 Å². The SMILES string of the molecule is NC(=O)CNC(=O)C[C@H]1C(=O)NCCN1Cc1ccccc1F. The molecule has 1 heterocycles. The van der Waals surface area contributed by atoms with Crippen molar-refractivity contribution in [2.75, 3.05) is 19.6 Å². The molecule has 0 bridgehead atoms. The molecule has 1 atom stereocenters. The molecule has 23 heavy (non-hydrogen) atoms. The van der Waals surface area contributed by atoms with Gasteiger partial charge in [0.1, 0.15) is 5.82 Å². The van der Waals surface area contributed by atoms with E-state index in [-0.39, 0.29) is 31.2 Å². The van der Waals surface area contributed by atoms with Crippen LogP contribution in [0.2, 0.25) is 0 Å². The van der Waals surface area contributed by atoms with E-state index in [1.807, 2.05) is 0 Å². The van der Waals surface area contributed by atoms with Crippen LogP contribution in [0.25, 0.3) is 0 Å². The Hall–Kier alpha value is -2.48. The van der Waals surface area contributed by atoms with Crippen molar-refractivity contribution in [3.8, 4) is 0 Å². The summed E-state index contributed by atoms with van der Waals surface area (Å²) >= 11 is 0. The van der Waals surface area contributed by atoms with E-state index in [1.54, 1.807) is 23.1 Å². The third kappa shape index (κ3) is 4.75. The maximum absolute atomic E-state index is 13.8. The first-order valence-corrected chi connectivity index (χ1v) is 7.27. The molecule has 1 saturated heterocycles. The summed E-state index contributed by atoms with van der Waals surface area (Å²) in [7, 11) is 0. The normalized spacial score (nSPS) is 18.3. The lowest BCUT2D eigenvalue weighted by Gasteiger charge is -2.34. The van der Waals surface area contributed by atoms with Crippen molar-refractivity contribution >= 4 is 17.7 Å². The highest BCUT2D eigenvalue weighted by Crippen LogP contribution is 2.16. The number of hydrogen-bond acceptors (Lipinski definition) is 4. The van der Waals surface area contributed by atoms with E-state index in [2.05, 4.69) is 10.6 Å². The second-order valence-electron chi connectivity index (χ2n) is 5.32. The van der Waals surface area contributed by atoms with E-state index in [0.29, 0.717) is 18.7 Å². The second kappa shape index (κ2) is 7.68. The average Bonchev–Trinajstić information content (AvgIpc) is 2.51. The molecule has 1 aromatic rings. The highest BCUT2D eigenvalue weighted by atomic mass is 19.1. The highest BCUT2D eigenvalue weighted by molar-refractivity contribution is 5.90. The fourth-order valence-corrected chi connectivity index (χ4v) is 2.45. The summed E-state index contributed by atoms with van der Waals surface area (Å²) in [5.74, 6) is -1.75. The first-order chi connectivity index (χ1) is 11.0. The van der Waals surface area contributed by atoms with Gasteiger partial charge in [-0.15, -0.1) is 0 Å². The van der Waals surface area contributed by atoms with Gasteiger partial charge in [-0.25, -0.2) is 4.39 Å². The third-order valence-electron chi connectivity index (χ3n) is 3.61. The average molecular weight is 322 g/mol. The predicted molar refractivity (Wildman–Crippen MR) is 80.4 cm³/mol. The number of piperazine rings is 1. The summed E-state index contributed by atoms with van der Waals surface area (Å²) in [6.45, 7) is 0.898. The molecule has 0 aliphatic carbocycles. The van der Waals surface area contributed by atoms with Crippen LogP contribution in [0.3, 0.4) is 0 Å². The van der Waals surface area contributed by atoms with Gasteiger partial charge in [0.05, 0.1) is 19.0 Å². The summed E-state index contributed by atoms with van der Waals surface area (Å²) in [6.07, 6.45) is -0.117. The second-order valence-corrected chi connectivity index (χ2v) is 5.32. The monoisotopic (exact) mass is 322 g/mol. The molecular weight excluding hydrogens is 303 g/mol. The molecule has 1 fully saturated rings. The smallest absolute Gasteiger partial charge is 0.237 e. The Labute approximate surface area is 133 Å². The molecule has 7 nitrogen and oxygen atoms in total. The topological polar surface area (TPSA) is 105 Å². The Morgan fingerprint density at radius 3 is 2.83 bits per heavy atom. The van der Waals surface area contributed by atoms with E-state index in [1.165, 1.54) is 6.07 Å². The van der Waals surface area contributed by atoms with Gasteiger partial charge in [0.15, 0.2) is 0 Å². The molecule has 0 aromatic heterocycles. The lowest BCUT2D eigenvalue weighted by molar-refractivity contribution is -0.134. The molecule has 1 aliphatic heterocycles. The minimum absolute atomic E-state index is 0.117. The van der Waals surface area contributed by atoms with Gasteiger partial charge in [0.25, 0.3) is 0 Å². The fraction of sp³-hybridized carbons (Fsp3) is 0.400. The summed E-state index contributed by atoms with van der Waals surface area (Å²) in [6, 6.07) is 5.60. The first-order valence-electron chi connectivity index (χ1n) is 7.27. The zero-order valence-corrected chi connectivity index (χ0v) is 12.5. The number of carbonyl (C=O) groups is 3. The van der Waals surface area contributed by atoms with Crippen molar-refractivity contribution in [3.63, 3.8) is 0 Å². The van der Waals surface area contributed by atoms with Crippen molar-refractivity contribution < 1.29 is 18.8 Å². The fourth-order valence-electron chi connectivity index (χ4n) is 2.45. The number of hydrogen-bond donors (Lipinski definition) is 3. The Morgan fingerprint density at radius 1 is 1.39 bits per heavy atom. The van der Waals surface area contributed by atoms with Crippen molar-refractivity contribution in [1.29, 1.82) is 0 Å². The quantitative estimate of drug-likeness (QED) is 0.632. The Balaban J connectivity index is 2.04. The molecule has 0 radical (unpaired) electrons. The first kappa shape index (κ1) is 16.9. The molecule has 1 aliphatic rings. The van der Waals surface area contributed by atoms with Crippen molar-refractivity contribution in [3.05, 3.63) is 35.6 Å². The van der Waals surface area contributed by atoms with Gasteiger partial charge in [-0.1, -0.05) is 18.2 Å². The number of nitrogens with one attached hydrogen (secondary N) is 2. The van der Waals surface area contributed by atoms with Gasteiger partial charge in [-0.3, -0.25) is 19.3 Å². The minimum Gasteiger partial charge on any atom is -0.368 e. The van der Waals surface area contributed by atoms with Gasteiger partial charge in [-0.2, -0.15) is 0 Å². The van der Waals surface area contributed by atoms with Crippen LogP contribution in [0.15, 0.2) is 24.3 Å². The largest absolute Gasteiger partial charge is 0.368 e. The lowest BCUT2D eigenvalue weighted by Crippen LogP contribution is -2.56. The molecule has 2 rings (SSSR count). The van der Waals surface area contributed by atoms with E-state index in [0.717, 1.165) is 0 Å². The standard InChI is InChI=1S/C15H19FN4O3/c16-11-4-2-1-3-10(11)9-20-6-5-18-15(23)12(20)7-14(22)19-8-13(17)21/h1-4,12H,5-9H2,(H2,17,21)(H,18,23)(H,19,22)/t12-/m0/s1. The lowest BCUT2D eigenvalue weighted by atomic mass is 10.1. The Bertz CT molecular complexity index is 608. The van der Waals surface area contributed by atoms with Crippen LogP contribution in [-0.4, -0.2) is 48.3 Å². The van der Waals surface area contributed by atoms with Gasteiger partial charge in [0.2, 0.25) is 17.7 Å². The van der Waals surface area contributed by atoms with Crippen LogP contribution in [0, 0.1) is 5.82 Å². The summed E-state index contributed by atoms with van der Waals surface area (Å²) < 4.78 is 13.8. The summed E-state index contributed by atoms with van der Waals surface area (Å²) in [5.41, 5.74) is 5.43. The van der Waals surface area contributed by atoms with Crippen LogP contribution in [-0.2, 0) is 20.9 Å². The number of benzene rings is 1. The highest BCUT2D eigenvalue weighted by Gasteiger charge is 2.31. The molecule has 0 spiro atoms. The van der Waals surface area contributed by atoms with Gasteiger partial charge in [-0.05, 0) is 6.07 Å². The number of nitrogens with zero attached hydrogens (tertiary/aromatic N) is 1. The van der Waals surface area contributed by atoms with E-state index < -0.39 is 17.9 Å². The number of halogens is 1. The molecule has 3 amide bonds. The van der Waals surface area contributed by atoms with Gasteiger partial charge in [0, 0.05) is 25.2 Å². The van der Waals surface area contributed by atoms with Gasteiger partial charge < -0.3 is 16.4 Å². The Kier molecular flexibility index (Phi) is 5.64. The number of primary amides is 1. The molecule has 0 unspecified atom stereocenters. The maximum atomic E-state index is 13.8. The minimum atomic E-state index is -0.712. The van der Waals surface area contributed by atoms with Crippen molar-refractivity contribution in [2.24, 2.45) is 5.73 Å². The van der Waals surface area contributed by atoms with Crippen LogP contribution in [0.5, 0.6) is 0 Å². The third-order valence-corrected chi connectivity index (χ3v) is 3.61. The van der Waals surface area contributed by atoms with E-state index >= 15 is 0 Å². The summed E-state index contributed by atoms with van der Waals surface area (Å²) in [5, 5.41) is 5.04. The zero-order valence-electron chi connectivity index (χ0n) is 12.5. The maximum Gasteiger partial charge on any atom is 0.237 e. The predicted octanol–water partition coefficient (Wildman–Crippen LogP) is -0.882. The van der Waals surface area contributed by atoms with Crippen LogP contribution in [0.1, 0.15) is 12.0 Å². The zero-order chi connectivity index (χ0) is 16.8. The number of carbonyl (C=O) groups excluding carboxylic acids is 3. The molecule has 124 valence electrons. The number of nitrogens with two attached hydrogens (primary N) is 1. The molecule has 8 heteroatoms. The van der Waals surface area contributed by atoms with Crippen LogP contribution in [0.4, 0.5) is 4.39 Å². The van der Waals surface area contributed by atoms with Crippen molar-refractivity contribution in [2.45, 2.75) is 19.0 Å². The molecule has 0 saturated carbocycles. The van der Waals surface area contributed by atoms with E-state index in [9.17, 15) is 18.8 Å².